The maximum Gasteiger partial charge on any atom is 0.170 e. The van der Waals surface area contributed by atoms with E-state index in [9.17, 15) is 4.79 Å². The monoisotopic (exact) mass is 312 g/mol. The summed E-state index contributed by atoms with van der Waals surface area (Å²) in [4.78, 5) is 19.2. The Morgan fingerprint density at radius 3 is 3.09 bits per heavy atom. The zero-order chi connectivity index (χ0) is 15.9. The smallest absolute Gasteiger partial charge is 0.170 e. The van der Waals surface area contributed by atoms with E-state index in [4.69, 9.17) is 4.74 Å². The highest BCUT2D eigenvalue weighted by Gasteiger charge is 2.45. The Bertz CT molecular complexity index is 742. The minimum absolute atomic E-state index is 0.182. The van der Waals surface area contributed by atoms with Crippen LogP contribution in [0.3, 0.4) is 0 Å². The number of carbonyl (C=O) groups excluding carboxylic acids is 1. The SMILES string of the molecule is CCc1n[nH]c(CN2CCC3(CC(=O)c4ccccc4O3)C2)n1. The highest BCUT2D eigenvalue weighted by molar-refractivity contribution is 6.00. The summed E-state index contributed by atoms with van der Waals surface area (Å²) in [5, 5.41) is 7.16. The van der Waals surface area contributed by atoms with Gasteiger partial charge in [0.15, 0.2) is 5.78 Å². The van der Waals surface area contributed by atoms with Crippen molar-refractivity contribution < 1.29 is 9.53 Å². The van der Waals surface area contributed by atoms with Crippen LogP contribution in [0.15, 0.2) is 24.3 Å². The number of para-hydroxylation sites is 1. The Morgan fingerprint density at radius 1 is 1.39 bits per heavy atom. The molecule has 0 saturated carbocycles. The highest BCUT2D eigenvalue weighted by Crippen LogP contribution is 2.38. The number of likely N-dealkylation sites (tertiary alicyclic amines) is 1. The summed E-state index contributed by atoms with van der Waals surface area (Å²) < 4.78 is 6.24. The number of aromatic nitrogens is 3. The maximum absolute atomic E-state index is 12.4. The number of fused-ring (bicyclic) bond motifs is 1. The van der Waals surface area contributed by atoms with Gasteiger partial charge in [-0.2, -0.15) is 5.10 Å². The highest BCUT2D eigenvalue weighted by atomic mass is 16.5. The van der Waals surface area contributed by atoms with Crippen LogP contribution >= 0.6 is 0 Å². The van der Waals surface area contributed by atoms with Crippen molar-refractivity contribution >= 4 is 5.78 Å². The normalized spacial score (nSPS) is 24.0. The van der Waals surface area contributed by atoms with E-state index in [0.29, 0.717) is 18.5 Å². The summed E-state index contributed by atoms with van der Waals surface area (Å²) in [5.74, 6) is 2.62. The number of Topliss-reactive ketones (excluding diaryl/α,β-unsaturated/α-hetero) is 1. The lowest BCUT2D eigenvalue weighted by atomic mass is 9.89. The van der Waals surface area contributed by atoms with Crippen molar-refractivity contribution in [3.63, 3.8) is 0 Å². The van der Waals surface area contributed by atoms with Gasteiger partial charge in [0.2, 0.25) is 0 Å². The molecule has 1 saturated heterocycles. The molecule has 2 aliphatic rings. The minimum Gasteiger partial charge on any atom is -0.485 e. The van der Waals surface area contributed by atoms with Crippen LogP contribution in [0.4, 0.5) is 0 Å². The summed E-state index contributed by atoms with van der Waals surface area (Å²) in [6.45, 7) is 4.40. The number of hydrogen-bond donors (Lipinski definition) is 1. The molecule has 1 aromatic heterocycles. The molecule has 1 unspecified atom stereocenters. The molecule has 0 bridgehead atoms. The van der Waals surface area contributed by atoms with Crippen LogP contribution in [0.5, 0.6) is 5.75 Å². The number of aryl methyl sites for hydroxylation is 1. The van der Waals surface area contributed by atoms with Gasteiger partial charge in [-0.25, -0.2) is 4.98 Å². The van der Waals surface area contributed by atoms with Gasteiger partial charge in [0.05, 0.1) is 18.5 Å². The third-order valence-electron chi connectivity index (χ3n) is 4.66. The number of benzene rings is 1. The quantitative estimate of drug-likeness (QED) is 0.938. The van der Waals surface area contributed by atoms with Gasteiger partial charge in [-0.3, -0.25) is 14.8 Å². The first kappa shape index (κ1) is 14.4. The Balaban J connectivity index is 1.49. The van der Waals surface area contributed by atoms with Crippen LogP contribution in [-0.2, 0) is 13.0 Å². The fourth-order valence-corrected chi connectivity index (χ4v) is 3.51. The number of H-pyrrole nitrogens is 1. The molecule has 6 heteroatoms. The Morgan fingerprint density at radius 2 is 2.26 bits per heavy atom. The molecular weight excluding hydrogens is 292 g/mol. The van der Waals surface area contributed by atoms with Crippen molar-refractivity contribution in [3.8, 4) is 5.75 Å². The summed E-state index contributed by atoms with van der Waals surface area (Å²) in [5.41, 5.74) is 0.318. The minimum atomic E-state index is -0.390. The summed E-state index contributed by atoms with van der Waals surface area (Å²) in [6.07, 6.45) is 2.15. The van der Waals surface area contributed by atoms with E-state index < -0.39 is 0 Å². The Labute approximate surface area is 134 Å². The number of ketones is 1. The number of ether oxygens (including phenoxy) is 1. The molecule has 1 fully saturated rings. The van der Waals surface area contributed by atoms with Gasteiger partial charge in [-0.1, -0.05) is 19.1 Å². The summed E-state index contributed by atoms with van der Waals surface area (Å²) >= 11 is 0. The first-order valence-electron chi connectivity index (χ1n) is 8.11. The molecule has 1 aromatic carbocycles. The molecule has 120 valence electrons. The van der Waals surface area contributed by atoms with Crippen molar-refractivity contribution in [1.82, 2.24) is 20.1 Å². The second kappa shape index (κ2) is 5.45. The van der Waals surface area contributed by atoms with Crippen LogP contribution in [0.25, 0.3) is 0 Å². The van der Waals surface area contributed by atoms with E-state index in [1.165, 1.54) is 0 Å². The second-order valence-corrected chi connectivity index (χ2v) is 6.39. The van der Waals surface area contributed by atoms with E-state index in [0.717, 1.165) is 43.3 Å². The molecule has 3 heterocycles. The first-order valence-corrected chi connectivity index (χ1v) is 8.11. The fraction of sp³-hybridized carbons (Fsp3) is 0.471. The molecule has 2 aliphatic heterocycles. The molecule has 1 spiro atoms. The molecule has 2 aromatic rings. The van der Waals surface area contributed by atoms with Crippen molar-refractivity contribution in [2.24, 2.45) is 0 Å². The molecule has 0 aliphatic carbocycles. The van der Waals surface area contributed by atoms with E-state index in [1.54, 1.807) is 0 Å². The maximum atomic E-state index is 12.4. The molecule has 0 amide bonds. The van der Waals surface area contributed by atoms with Crippen LogP contribution < -0.4 is 4.74 Å². The predicted octanol–water partition coefficient (Wildman–Crippen LogP) is 1.98. The summed E-state index contributed by atoms with van der Waals surface area (Å²) in [6, 6.07) is 7.53. The lowest BCUT2D eigenvalue weighted by Gasteiger charge is -2.34. The topological polar surface area (TPSA) is 71.1 Å². The Kier molecular flexibility index (Phi) is 3.41. The Hall–Kier alpha value is -2.21. The third-order valence-corrected chi connectivity index (χ3v) is 4.66. The van der Waals surface area contributed by atoms with Crippen LogP contribution in [0.2, 0.25) is 0 Å². The van der Waals surface area contributed by atoms with Crippen molar-refractivity contribution in [2.45, 2.75) is 38.3 Å². The molecule has 4 rings (SSSR count). The van der Waals surface area contributed by atoms with Gasteiger partial charge in [0.25, 0.3) is 0 Å². The largest absolute Gasteiger partial charge is 0.485 e. The van der Waals surface area contributed by atoms with E-state index >= 15 is 0 Å². The molecule has 1 atom stereocenters. The van der Waals surface area contributed by atoms with Crippen LogP contribution in [0.1, 0.15) is 41.8 Å². The lowest BCUT2D eigenvalue weighted by molar-refractivity contribution is 0.0454. The van der Waals surface area contributed by atoms with Crippen LogP contribution in [0, 0.1) is 0 Å². The van der Waals surface area contributed by atoms with Gasteiger partial charge in [-0.15, -0.1) is 0 Å². The summed E-state index contributed by atoms with van der Waals surface area (Å²) in [7, 11) is 0. The average Bonchev–Trinajstić information content (AvgIpc) is 3.15. The number of rotatable bonds is 3. The molecular formula is C17H20N4O2. The number of nitrogens with one attached hydrogen (secondary N) is 1. The number of nitrogens with zero attached hydrogens (tertiary/aromatic N) is 3. The molecule has 0 radical (unpaired) electrons. The number of hydrogen-bond acceptors (Lipinski definition) is 5. The van der Waals surface area contributed by atoms with E-state index in [2.05, 4.69) is 20.1 Å². The molecule has 1 N–H and O–H groups in total. The second-order valence-electron chi connectivity index (χ2n) is 6.39. The fourth-order valence-electron chi connectivity index (χ4n) is 3.51. The third kappa shape index (κ3) is 2.63. The van der Waals surface area contributed by atoms with Crippen molar-refractivity contribution in [2.75, 3.05) is 13.1 Å². The van der Waals surface area contributed by atoms with E-state index in [-0.39, 0.29) is 11.4 Å². The van der Waals surface area contributed by atoms with Gasteiger partial charge in [0, 0.05) is 25.9 Å². The van der Waals surface area contributed by atoms with Crippen molar-refractivity contribution in [3.05, 3.63) is 41.5 Å². The lowest BCUT2D eigenvalue weighted by Crippen LogP contribution is -2.44. The predicted molar refractivity (Wildman–Crippen MR) is 84.4 cm³/mol. The van der Waals surface area contributed by atoms with Gasteiger partial charge in [0.1, 0.15) is 23.0 Å². The number of aromatic amines is 1. The zero-order valence-electron chi connectivity index (χ0n) is 13.2. The number of carbonyl (C=O) groups is 1. The standard InChI is InChI=1S/C17H20N4O2/c1-2-15-18-16(20-19-15)10-21-8-7-17(11-21)9-13(22)12-5-3-4-6-14(12)23-17/h3-6H,2,7-11H2,1H3,(H,18,19,20). The van der Waals surface area contributed by atoms with E-state index in [1.807, 2.05) is 31.2 Å². The molecule has 6 nitrogen and oxygen atoms in total. The zero-order valence-corrected chi connectivity index (χ0v) is 13.2. The van der Waals surface area contributed by atoms with Gasteiger partial charge >= 0.3 is 0 Å². The van der Waals surface area contributed by atoms with Crippen molar-refractivity contribution in [1.29, 1.82) is 0 Å². The molecule has 23 heavy (non-hydrogen) atoms. The average molecular weight is 312 g/mol. The first-order chi connectivity index (χ1) is 11.2. The van der Waals surface area contributed by atoms with Gasteiger partial charge in [-0.05, 0) is 12.1 Å². The van der Waals surface area contributed by atoms with Gasteiger partial charge < -0.3 is 4.74 Å². The van der Waals surface area contributed by atoms with Crippen LogP contribution in [-0.4, -0.2) is 44.6 Å².